The van der Waals surface area contributed by atoms with Crippen LogP contribution < -0.4 is 0 Å². The molecule has 1 heterocycles. The van der Waals surface area contributed by atoms with E-state index in [-0.39, 0.29) is 29.1 Å². The molecule has 0 radical (unpaired) electrons. The third kappa shape index (κ3) is 1.85. The number of carbonyl (C=O) groups excluding carboxylic acids is 2. The van der Waals surface area contributed by atoms with Crippen LogP contribution in [0.1, 0.15) is 27.7 Å². The fourth-order valence-electron chi connectivity index (χ4n) is 2.86. The van der Waals surface area contributed by atoms with Crippen molar-refractivity contribution in [3.63, 3.8) is 0 Å². The standard InChI is InChI=1S/C13H20BrNO2/c1-7(2)8(5-14)6-15-11(16)9-10(12(15)17)13(9,3)4/h7-10H,5-6H2,1-4H3. The average molecular weight is 302 g/mol. The van der Waals surface area contributed by atoms with Gasteiger partial charge < -0.3 is 0 Å². The lowest BCUT2D eigenvalue weighted by atomic mass is 9.96. The minimum absolute atomic E-state index is 0.0434. The van der Waals surface area contributed by atoms with E-state index in [1.165, 1.54) is 4.90 Å². The molecule has 17 heavy (non-hydrogen) atoms. The number of likely N-dealkylation sites (tertiary alicyclic amines) is 1. The molecule has 0 aromatic heterocycles. The van der Waals surface area contributed by atoms with Crippen LogP contribution in [0.25, 0.3) is 0 Å². The summed E-state index contributed by atoms with van der Waals surface area (Å²) in [6.45, 7) is 8.85. The lowest BCUT2D eigenvalue weighted by Crippen LogP contribution is -2.41. The Balaban J connectivity index is 2.06. The maximum atomic E-state index is 12.1. The van der Waals surface area contributed by atoms with Gasteiger partial charge in [0.2, 0.25) is 11.8 Å². The first-order valence-electron chi connectivity index (χ1n) is 6.23. The summed E-state index contributed by atoms with van der Waals surface area (Å²) in [6, 6.07) is 0. The van der Waals surface area contributed by atoms with Gasteiger partial charge in [-0.3, -0.25) is 14.5 Å². The van der Waals surface area contributed by atoms with Crippen molar-refractivity contribution in [3.05, 3.63) is 0 Å². The van der Waals surface area contributed by atoms with Gasteiger partial charge in [0.15, 0.2) is 0 Å². The van der Waals surface area contributed by atoms with Crippen molar-refractivity contribution >= 4 is 27.7 Å². The molecule has 3 atom stereocenters. The van der Waals surface area contributed by atoms with E-state index in [4.69, 9.17) is 0 Å². The summed E-state index contributed by atoms with van der Waals surface area (Å²) in [4.78, 5) is 25.8. The summed E-state index contributed by atoms with van der Waals surface area (Å²) in [6.07, 6.45) is 0. The highest BCUT2D eigenvalue weighted by atomic mass is 79.9. The van der Waals surface area contributed by atoms with Crippen molar-refractivity contribution in [1.29, 1.82) is 0 Å². The van der Waals surface area contributed by atoms with E-state index in [0.717, 1.165) is 5.33 Å². The first-order valence-corrected chi connectivity index (χ1v) is 7.35. The molecule has 0 aromatic rings. The smallest absolute Gasteiger partial charge is 0.233 e. The average Bonchev–Trinajstić information content (AvgIpc) is 2.69. The fraction of sp³-hybridized carbons (Fsp3) is 0.846. The van der Waals surface area contributed by atoms with E-state index in [2.05, 4.69) is 29.8 Å². The number of fused-ring (bicyclic) bond motifs is 1. The predicted octanol–water partition coefficient (Wildman–Crippen LogP) is 2.29. The maximum absolute atomic E-state index is 12.1. The number of rotatable bonds is 4. The van der Waals surface area contributed by atoms with Crippen LogP contribution in [0.2, 0.25) is 0 Å². The van der Waals surface area contributed by atoms with Crippen LogP contribution in [0.3, 0.4) is 0 Å². The molecule has 0 N–H and O–H groups in total. The van der Waals surface area contributed by atoms with E-state index in [1.54, 1.807) is 0 Å². The predicted molar refractivity (Wildman–Crippen MR) is 69.6 cm³/mol. The highest BCUT2D eigenvalue weighted by Gasteiger charge is 2.72. The Morgan fingerprint density at radius 3 is 2.06 bits per heavy atom. The number of nitrogens with zero attached hydrogens (tertiary/aromatic N) is 1. The highest BCUT2D eigenvalue weighted by molar-refractivity contribution is 9.09. The Hall–Kier alpha value is -0.380. The number of halogens is 1. The van der Waals surface area contributed by atoms with Crippen LogP contribution in [0.15, 0.2) is 0 Å². The Morgan fingerprint density at radius 2 is 1.71 bits per heavy atom. The van der Waals surface area contributed by atoms with E-state index < -0.39 is 0 Å². The largest absolute Gasteiger partial charge is 0.282 e. The van der Waals surface area contributed by atoms with Gasteiger partial charge >= 0.3 is 0 Å². The van der Waals surface area contributed by atoms with Gasteiger partial charge in [0, 0.05) is 11.9 Å². The van der Waals surface area contributed by atoms with Gasteiger partial charge in [0.1, 0.15) is 0 Å². The van der Waals surface area contributed by atoms with Crippen molar-refractivity contribution < 1.29 is 9.59 Å². The molecule has 1 aliphatic heterocycles. The van der Waals surface area contributed by atoms with Crippen LogP contribution in [0.4, 0.5) is 0 Å². The van der Waals surface area contributed by atoms with Gasteiger partial charge in [-0.05, 0) is 17.3 Å². The van der Waals surface area contributed by atoms with Crippen molar-refractivity contribution in [2.24, 2.45) is 29.1 Å². The molecule has 1 aliphatic carbocycles. The summed E-state index contributed by atoms with van der Waals surface area (Å²) >= 11 is 3.46. The monoisotopic (exact) mass is 301 g/mol. The summed E-state index contributed by atoms with van der Waals surface area (Å²) in [5.74, 6) is 0.841. The van der Waals surface area contributed by atoms with Crippen LogP contribution in [0, 0.1) is 29.1 Å². The number of imide groups is 1. The Bertz CT molecular complexity index is 340. The van der Waals surface area contributed by atoms with Crippen LogP contribution in [0.5, 0.6) is 0 Å². The lowest BCUT2D eigenvalue weighted by molar-refractivity contribution is -0.143. The molecule has 3 nitrogen and oxygen atoms in total. The van der Waals surface area contributed by atoms with Gasteiger partial charge in [0.05, 0.1) is 11.8 Å². The summed E-state index contributed by atoms with van der Waals surface area (Å²) < 4.78 is 0. The van der Waals surface area contributed by atoms with Crippen molar-refractivity contribution in [3.8, 4) is 0 Å². The van der Waals surface area contributed by atoms with Gasteiger partial charge in [-0.2, -0.15) is 0 Å². The SMILES string of the molecule is CC(C)C(CBr)CN1C(=O)C2C(C1=O)C2(C)C. The molecule has 2 fully saturated rings. The van der Waals surface area contributed by atoms with E-state index >= 15 is 0 Å². The molecule has 1 saturated heterocycles. The van der Waals surface area contributed by atoms with Crippen LogP contribution in [-0.2, 0) is 9.59 Å². The molecule has 2 amide bonds. The zero-order valence-electron chi connectivity index (χ0n) is 10.9. The molecule has 2 rings (SSSR count). The molecule has 4 heteroatoms. The Morgan fingerprint density at radius 1 is 1.24 bits per heavy atom. The molecule has 96 valence electrons. The second kappa shape index (κ2) is 4.08. The minimum atomic E-state index is -0.0909. The van der Waals surface area contributed by atoms with E-state index in [9.17, 15) is 9.59 Å². The number of alkyl halides is 1. The summed E-state index contributed by atoms with van der Waals surface area (Å²) in [5.41, 5.74) is -0.0909. The van der Waals surface area contributed by atoms with Crippen LogP contribution in [-0.4, -0.2) is 28.6 Å². The van der Waals surface area contributed by atoms with Crippen LogP contribution >= 0.6 is 15.9 Å². The highest BCUT2D eigenvalue weighted by Crippen LogP contribution is 2.63. The van der Waals surface area contributed by atoms with Gasteiger partial charge in [-0.15, -0.1) is 0 Å². The third-order valence-corrected chi connectivity index (χ3v) is 5.28. The van der Waals surface area contributed by atoms with Gasteiger partial charge in [-0.25, -0.2) is 0 Å². The number of amides is 2. The first kappa shape index (κ1) is 13.1. The molecule has 3 unspecified atom stereocenters. The number of hydrogen-bond donors (Lipinski definition) is 0. The zero-order valence-corrected chi connectivity index (χ0v) is 12.5. The topological polar surface area (TPSA) is 37.4 Å². The third-order valence-electron chi connectivity index (χ3n) is 4.45. The Kier molecular flexibility index (Phi) is 3.13. The quantitative estimate of drug-likeness (QED) is 0.590. The zero-order chi connectivity index (χ0) is 13.0. The second-order valence-corrected chi connectivity index (χ2v) is 6.87. The van der Waals surface area contributed by atoms with Crippen molar-refractivity contribution in [2.45, 2.75) is 27.7 Å². The second-order valence-electron chi connectivity index (χ2n) is 6.22. The lowest BCUT2D eigenvalue weighted by Gasteiger charge is -2.26. The normalized spacial score (nSPS) is 32.0. The molecule has 0 bridgehead atoms. The molecule has 0 spiro atoms. The maximum Gasteiger partial charge on any atom is 0.233 e. The van der Waals surface area contributed by atoms with Gasteiger partial charge in [-0.1, -0.05) is 43.6 Å². The summed E-state index contributed by atoms with van der Waals surface area (Å²) in [5, 5.41) is 0.834. The minimum Gasteiger partial charge on any atom is -0.282 e. The number of carbonyl (C=O) groups is 2. The molecular formula is C13H20BrNO2. The van der Waals surface area contributed by atoms with E-state index in [0.29, 0.717) is 18.4 Å². The van der Waals surface area contributed by atoms with Crippen molar-refractivity contribution in [2.75, 3.05) is 11.9 Å². The Labute approximate surface area is 111 Å². The molecule has 1 saturated carbocycles. The molecule has 0 aromatic carbocycles. The van der Waals surface area contributed by atoms with Crippen molar-refractivity contribution in [1.82, 2.24) is 4.90 Å². The number of piperidine rings is 1. The number of hydrogen-bond acceptors (Lipinski definition) is 2. The fourth-order valence-corrected chi connectivity index (χ4v) is 3.81. The molecule has 2 aliphatic rings. The molecular weight excluding hydrogens is 282 g/mol. The summed E-state index contributed by atoms with van der Waals surface area (Å²) in [7, 11) is 0. The van der Waals surface area contributed by atoms with E-state index in [1.807, 2.05) is 13.8 Å². The van der Waals surface area contributed by atoms with Gasteiger partial charge in [0.25, 0.3) is 0 Å². The first-order chi connectivity index (χ1) is 7.82.